The molecule has 1 saturated heterocycles. The van der Waals surface area contributed by atoms with Crippen LogP contribution in [0.1, 0.15) is 29.6 Å². The van der Waals surface area contributed by atoms with Gasteiger partial charge in [0, 0.05) is 44.3 Å². The predicted molar refractivity (Wildman–Crippen MR) is 140 cm³/mol. The van der Waals surface area contributed by atoms with Crippen molar-refractivity contribution in [2.75, 3.05) is 37.6 Å². The minimum atomic E-state index is -4.11. The van der Waals surface area contributed by atoms with Crippen molar-refractivity contribution in [1.82, 2.24) is 20.7 Å². The van der Waals surface area contributed by atoms with Crippen LogP contribution >= 0.6 is 0 Å². The monoisotopic (exact) mass is 546 g/mol. The lowest BCUT2D eigenvalue weighted by Gasteiger charge is -2.35. The number of nitrogens with zero attached hydrogens (tertiary/aromatic N) is 2. The van der Waals surface area contributed by atoms with Crippen molar-refractivity contribution in [1.29, 1.82) is 0 Å². The van der Waals surface area contributed by atoms with Crippen LogP contribution in [0.25, 0.3) is 0 Å². The molecule has 11 nitrogen and oxygen atoms in total. The highest BCUT2D eigenvalue weighted by Crippen LogP contribution is 2.25. The van der Waals surface area contributed by atoms with Gasteiger partial charge in [-0.15, -0.1) is 0 Å². The summed E-state index contributed by atoms with van der Waals surface area (Å²) < 4.78 is 41.8. The van der Waals surface area contributed by atoms with Gasteiger partial charge in [0.15, 0.2) is 5.96 Å². The van der Waals surface area contributed by atoms with Gasteiger partial charge in [-0.2, -0.15) is 4.72 Å². The number of carboxylic acids is 1. The van der Waals surface area contributed by atoms with E-state index in [2.05, 4.69) is 25.7 Å². The minimum absolute atomic E-state index is 0.0947. The molecule has 2 aromatic rings. The van der Waals surface area contributed by atoms with Crippen LogP contribution in [-0.4, -0.2) is 76.2 Å². The largest absolute Gasteiger partial charge is 0.480 e. The van der Waals surface area contributed by atoms with Gasteiger partial charge in [-0.3, -0.25) is 14.6 Å². The third kappa shape index (κ3) is 6.98. The van der Waals surface area contributed by atoms with Crippen LogP contribution < -0.4 is 25.6 Å². The Hall–Kier alpha value is -3.71. The summed E-state index contributed by atoms with van der Waals surface area (Å²) in [5.41, 5.74) is 0.418. The van der Waals surface area contributed by atoms with Crippen LogP contribution in [-0.2, 0) is 14.8 Å². The molecule has 0 aliphatic carbocycles. The first-order valence-electron chi connectivity index (χ1n) is 12.4. The van der Waals surface area contributed by atoms with Crippen LogP contribution in [0.15, 0.2) is 58.4 Å². The zero-order valence-corrected chi connectivity index (χ0v) is 21.5. The van der Waals surface area contributed by atoms with Crippen molar-refractivity contribution < 1.29 is 27.5 Å². The molecular formula is C25H31FN6O5S. The molecule has 38 heavy (non-hydrogen) atoms. The fourth-order valence-electron chi connectivity index (χ4n) is 4.31. The number of hydrogen-bond donors (Lipinski definition) is 5. The number of halogens is 1. The van der Waals surface area contributed by atoms with Gasteiger partial charge in [0.1, 0.15) is 11.9 Å². The van der Waals surface area contributed by atoms with Crippen molar-refractivity contribution in [2.24, 2.45) is 4.99 Å². The SMILES string of the molecule is O=C(NC[C@H](NS(=O)(=O)c1ccccc1)C(=O)O)c1ccc(F)c(N2CCC(NC3=NCCCN3)CC2)c1. The van der Waals surface area contributed by atoms with Gasteiger partial charge in [0.05, 0.1) is 10.6 Å². The van der Waals surface area contributed by atoms with Gasteiger partial charge in [0.2, 0.25) is 10.0 Å². The molecular weight excluding hydrogens is 515 g/mol. The molecule has 1 amide bonds. The molecule has 2 aliphatic rings. The highest BCUT2D eigenvalue weighted by molar-refractivity contribution is 7.89. The summed E-state index contributed by atoms with van der Waals surface area (Å²) in [6.07, 6.45) is 2.53. The number of benzene rings is 2. The summed E-state index contributed by atoms with van der Waals surface area (Å²) in [4.78, 5) is 30.6. The molecule has 0 radical (unpaired) electrons. The molecule has 0 spiro atoms. The van der Waals surface area contributed by atoms with Crippen molar-refractivity contribution in [3.8, 4) is 0 Å². The first kappa shape index (κ1) is 27.3. The molecule has 0 unspecified atom stereocenters. The molecule has 2 heterocycles. The van der Waals surface area contributed by atoms with Crippen LogP contribution in [0.2, 0.25) is 0 Å². The average molecular weight is 547 g/mol. The zero-order chi connectivity index (χ0) is 27.1. The summed E-state index contributed by atoms with van der Waals surface area (Å²) in [5, 5.41) is 18.6. The van der Waals surface area contributed by atoms with Gasteiger partial charge in [-0.1, -0.05) is 18.2 Å². The topological polar surface area (TPSA) is 152 Å². The Kier molecular flexibility index (Phi) is 8.79. The number of rotatable bonds is 9. The fourth-order valence-corrected chi connectivity index (χ4v) is 5.53. The first-order valence-corrected chi connectivity index (χ1v) is 13.9. The van der Waals surface area contributed by atoms with Gasteiger partial charge in [0.25, 0.3) is 5.91 Å². The number of aliphatic carboxylic acids is 1. The highest BCUT2D eigenvalue weighted by Gasteiger charge is 2.27. The first-order chi connectivity index (χ1) is 18.2. The number of hydrogen-bond acceptors (Lipinski definition) is 8. The molecule has 1 fully saturated rings. The number of nitrogens with one attached hydrogen (secondary N) is 4. The second-order valence-electron chi connectivity index (χ2n) is 9.12. The predicted octanol–water partition coefficient (Wildman–Crippen LogP) is 0.895. The molecule has 204 valence electrons. The van der Waals surface area contributed by atoms with Crippen molar-refractivity contribution in [3.63, 3.8) is 0 Å². The molecule has 0 bridgehead atoms. The molecule has 13 heteroatoms. The molecule has 5 N–H and O–H groups in total. The summed E-state index contributed by atoms with van der Waals surface area (Å²) in [6, 6.07) is 9.86. The second kappa shape index (κ2) is 12.2. The normalized spacial score (nSPS) is 17.2. The lowest BCUT2D eigenvalue weighted by atomic mass is 10.0. The van der Waals surface area contributed by atoms with Crippen molar-refractivity contribution in [2.45, 2.75) is 36.2 Å². The Morgan fingerprint density at radius 3 is 2.55 bits per heavy atom. The lowest BCUT2D eigenvalue weighted by Crippen LogP contribution is -2.50. The maximum Gasteiger partial charge on any atom is 0.323 e. The van der Waals surface area contributed by atoms with E-state index in [1.165, 1.54) is 42.5 Å². The maximum atomic E-state index is 14.7. The Labute approximate surface area is 220 Å². The zero-order valence-electron chi connectivity index (χ0n) is 20.7. The second-order valence-corrected chi connectivity index (χ2v) is 10.8. The number of piperidine rings is 1. The number of aliphatic imine (C=N–C) groups is 1. The summed E-state index contributed by atoms with van der Waals surface area (Å²) in [7, 11) is -4.11. The number of guanidine groups is 1. The number of anilines is 1. The Morgan fingerprint density at radius 1 is 1.16 bits per heavy atom. The van der Waals surface area contributed by atoms with E-state index in [4.69, 9.17) is 0 Å². The summed E-state index contributed by atoms with van der Waals surface area (Å²) in [5.74, 6) is -1.76. The summed E-state index contributed by atoms with van der Waals surface area (Å²) in [6.45, 7) is 2.34. The van der Waals surface area contributed by atoms with E-state index in [-0.39, 0.29) is 22.2 Å². The molecule has 2 aliphatic heterocycles. The van der Waals surface area contributed by atoms with E-state index >= 15 is 0 Å². The quantitative estimate of drug-likeness (QED) is 0.311. The van der Waals surface area contributed by atoms with Crippen LogP contribution in [0, 0.1) is 5.82 Å². The minimum Gasteiger partial charge on any atom is -0.480 e. The molecule has 0 aromatic heterocycles. The number of carbonyl (C=O) groups excluding carboxylic acids is 1. The van der Waals surface area contributed by atoms with Crippen LogP contribution in [0.3, 0.4) is 0 Å². The fraction of sp³-hybridized carbons (Fsp3) is 0.400. The smallest absolute Gasteiger partial charge is 0.323 e. The number of carboxylic acid groups (broad SMARTS) is 1. The number of sulfonamides is 1. The van der Waals surface area contributed by atoms with Gasteiger partial charge < -0.3 is 26.0 Å². The maximum absolute atomic E-state index is 14.7. The highest BCUT2D eigenvalue weighted by atomic mass is 32.2. The Balaban J connectivity index is 1.35. The van der Waals surface area contributed by atoms with Crippen molar-refractivity contribution >= 4 is 33.5 Å². The van der Waals surface area contributed by atoms with E-state index in [0.717, 1.165) is 38.3 Å². The number of amides is 1. The molecule has 0 saturated carbocycles. The van der Waals surface area contributed by atoms with E-state index in [1.807, 2.05) is 4.90 Å². The van der Waals surface area contributed by atoms with Crippen LogP contribution in [0.4, 0.5) is 10.1 Å². The standard InChI is InChI=1S/C25H31FN6O5S/c26-20-8-7-17(15-22(20)32-13-9-18(10-14-32)30-25-27-11-4-12-28-25)23(33)29-16-21(24(34)35)31-38(36,37)19-5-2-1-3-6-19/h1-3,5-8,15,18,21,31H,4,9-14,16H2,(H,29,33)(H,34,35)(H2,27,28,30)/t21-/m0/s1. The third-order valence-electron chi connectivity index (χ3n) is 6.40. The van der Waals surface area contributed by atoms with E-state index in [0.29, 0.717) is 13.1 Å². The van der Waals surface area contributed by atoms with E-state index < -0.39 is 40.3 Å². The van der Waals surface area contributed by atoms with E-state index in [1.54, 1.807) is 6.07 Å². The molecule has 2 aromatic carbocycles. The lowest BCUT2D eigenvalue weighted by molar-refractivity contribution is -0.138. The molecule has 1 atom stereocenters. The third-order valence-corrected chi connectivity index (χ3v) is 7.89. The summed E-state index contributed by atoms with van der Waals surface area (Å²) >= 11 is 0. The molecule has 4 rings (SSSR count). The van der Waals surface area contributed by atoms with Crippen molar-refractivity contribution in [3.05, 3.63) is 59.9 Å². The van der Waals surface area contributed by atoms with Gasteiger partial charge >= 0.3 is 5.97 Å². The van der Waals surface area contributed by atoms with Gasteiger partial charge in [-0.05, 0) is 49.6 Å². The average Bonchev–Trinajstić information content (AvgIpc) is 2.92. The number of carbonyl (C=O) groups is 2. The Bertz CT molecular complexity index is 1280. The van der Waals surface area contributed by atoms with E-state index in [9.17, 15) is 27.5 Å². The Morgan fingerprint density at radius 2 is 1.89 bits per heavy atom. The van der Waals surface area contributed by atoms with Gasteiger partial charge in [-0.25, -0.2) is 12.8 Å². The van der Waals surface area contributed by atoms with Crippen LogP contribution in [0.5, 0.6) is 0 Å².